The second-order valence-corrected chi connectivity index (χ2v) is 9.82. The maximum Gasteiger partial charge on any atom is 0.355 e. The minimum atomic E-state index is -0.620. The molecule has 0 unspecified atom stereocenters. The van der Waals surface area contributed by atoms with Crippen molar-refractivity contribution >= 4 is 28.6 Å². The number of nitrogens with zero attached hydrogens (tertiary/aromatic N) is 2. The van der Waals surface area contributed by atoms with E-state index in [1.165, 1.54) is 5.56 Å². The lowest BCUT2D eigenvalue weighted by atomic mass is 9.83. The molecule has 33 heavy (non-hydrogen) atoms. The molecule has 2 fully saturated rings. The van der Waals surface area contributed by atoms with Crippen molar-refractivity contribution in [3.8, 4) is 0 Å². The van der Waals surface area contributed by atoms with Crippen molar-refractivity contribution in [1.82, 2.24) is 9.88 Å². The Balaban J connectivity index is 1.62. The van der Waals surface area contributed by atoms with Gasteiger partial charge in [-0.15, -0.1) is 0 Å². The Bertz CT molecular complexity index is 1210. The SMILES string of the molecule is CCOC(=O)c1cc2cc([C@H]3CCOC(C)(C)C3)ccc2n1[C@@]1(C2=NOC(=C=O)N2)C[C@@H]1C. The topological polar surface area (TPSA) is 91.2 Å². The second kappa shape index (κ2) is 7.75. The molecule has 3 aliphatic rings. The van der Waals surface area contributed by atoms with E-state index in [0.717, 1.165) is 36.8 Å². The molecule has 5 rings (SSSR count). The number of hydrogen-bond donors (Lipinski definition) is 1. The van der Waals surface area contributed by atoms with E-state index in [9.17, 15) is 9.59 Å². The standard InChI is InChI=1S/C25H29N3O5/c1-5-31-22(30)20-11-18-10-16(17-8-9-32-24(3,4)13-17)6-7-19(18)28(20)25(12-15(25)2)23-26-21(14-29)33-27-23/h6-7,10-11,15,17H,5,8-9,12-13H2,1-4H3,(H,26,27)/t15-,17-,25-/m0/s1. The molecule has 0 spiro atoms. The van der Waals surface area contributed by atoms with Crippen LogP contribution in [0.15, 0.2) is 35.3 Å². The van der Waals surface area contributed by atoms with Gasteiger partial charge < -0.3 is 18.9 Å². The van der Waals surface area contributed by atoms with E-state index in [-0.39, 0.29) is 30.0 Å². The van der Waals surface area contributed by atoms with Crippen molar-refractivity contribution in [3.63, 3.8) is 0 Å². The summed E-state index contributed by atoms with van der Waals surface area (Å²) in [4.78, 5) is 29.2. The van der Waals surface area contributed by atoms with E-state index in [4.69, 9.17) is 14.3 Å². The molecule has 0 bridgehead atoms. The summed E-state index contributed by atoms with van der Waals surface area (Å²) in [5, 5.41) is 8.01. The predicted octanol–water partition coefficient (Wildman–Crippen LogP) is 3.83. The van der Waals surface area contributed by atoms with Crippen LogP contribution in [0.2, 0.25) is 0 Å². The van der Waals surface area contributed by atoms with Crippen molar-refractivity contribution in [2.75, 3.05) is 13.2 Å². The number of nitrogens with one attached hydrogen (secondary N) is 1. The van der Waals surface area contributed by atoms with E-state index < -0.39 is 5.54 Å². The van der Waals surface area contributed by atoms with Crippen LogP contribution in [0.1, 0.15) is 68.9 Å². The molecule has 8 heteroatoms. The van der Waals surface area contributed by atoms with Gasteiger partial charge >= 0.3 is 11.9 Å². The Kier molecular flexibility index (Phi) is 5.10. The summed E-state index contributed by atoms with van der Waals surface area (Å²) in [6.07, 6.45) is 2.67. The molecule has 2 aromatic rings. The van der Waals surface area contributed by atoms with Gasteiger partial charge in [0.15, 0.2) is 11.8 Å². The highest BCUT2D eigenvalue weighted by Crippen LogP contribution is 2.54. The number of aromatic nitrogens is 1. The van der Waals surface area contributed by atoms with Crippen LogP contribution in [0.5, 0.6) is 0 Å². The van der Waals surface area contributed by atoms with Crippen molar-refractivity contribution in [1.29, 1.82) is 0 Å². The highest BCUT2D eigenvalue weighted by atomic mass is 16.7. The number of ether oxygens (including phenoxy) is 2. The number of amidine groups is 1. The van der Waals surface area contributed by atoms with Crippen LogP contribution in [0, 0.1) is 5.92 Å². The summed E-state index contributed by atoms with van der Waals surface area (Å²) in [6, 6.07) is 8.31. The third-order valence-corrected chi connectivity index (χ3v) is 7.11. The van der Waals surface area contributed by atoms with Crippen LogP contribution < -0.4 is 5.32 Å². The van der Waals surface area contributed by atoms with Gasteiger partial charge in [-0.2, -0.15) is 0 Å². The lowest BCUT2D eigenvalue weighted by Gasteiger charge is -2.35. The Morgan fingerprint density at radius 2 is 2.12 bits per heavy atom. The van der Waals surface area contributed by atoms with Gasteiger partial charge in [0.2, 0.25) is 0 Å². The van der Waals surface area contributed by atoms with Gasteiger partial charge in [-0.05, 0) is 75.6 Å². The molecule has 1 saturated heterocycles. The Morgan fingerprint density at radius 3 is 2.76 bits per heavy atom. The average molecular weight is 452 g/mol. The summed E-state index contributed by atoms with van der Waals surface area (Å²) in [6.45, 7) is 9.17. The zero-order valence-corrected chi connectivity index (χ0v) is 19.4. The number of rotatable bonds is 5. The number of carbonyl (C=O) groups excluding carboxylic acids is 2. The Labute approximate surface area is 192 Å². The molecule has 1 aromatic heterocycles. The maximum absolute atomic E-state index is 13.0. The molecule has 1 saturated carbocycles. The van der Waals surface area contributed by atoms with Gasteiger partial charge in [0.1, 0.15) is 11.2 Å². The second-order valence-electron chi connectivity index (χ2n) is 9.82. The largest absolute Gasteiger partial charge is 0.461 e. The van der Waals surface area contributed by atoms with Crippen LogP contribution in [0.4, 0.5) is 0 Å². The van der Waals surface area contributed by atoms with Gasteiger partial charge in [0.05, 0.1) is 12.2 Å². The number of carbonyl (C=O) groups is 1. The van der Waals surface area contributed by atoms with Gasteiger partial charge in [-0.25, -0.2) is 9.59 Å². The van der Waals surface area contributed by atoms with E-state index >= 15 is 0 Å². The van der Waals surface area contributed by atoms with Gasteiger partial charge in [0.25, 0.3) is 0 Å². The summed E-state index contributed by atoms with van der Waals surface area (Å²) >= 11 is 0. The van der Waals surface area contributed by atoms with Crippen molar-refractivity contribution in [2.24, 2.45) is 11.1 Å². The van der Waals surface area contributed by atoms with Gasteiger partial charge in [0, 0.05) is 17.5 Å². The van der Waals surface area contributed by atoms with E-state index in [1.54, 1.807) is 12.9 Å². The molecule has 3 heterocycles. The van der Waals surface area contributed by atoms with Crippen LogP contribution in [0.25, 0.3) is 10.9 Å². The first-order valence-electron chi connectivity index (χ1n) is 11.5. The van der Waals surface area contributed by atoms with Crippen LogP contribution >= 0.6 is 0 Å². The van der Waals surface area contributed by atoms with E-state index in [2.05, 4.69) is 49.4 Å². The summed E-state index contributed by atoms with van der Waals surface area (Å²) < 4.78 is 13.3. The van der Waals surface area contributed by atoms with E-state index in [0.29, 0.717) is 17.4 Å². The normalized spacial score (nSPS) is 28.0. The highest BCUT2D eigenvalue weighted by Gasteiger charge is 2.60. The van der Waals surface area contributed by atoms with Crippen molar-refractivity contribution in [2.45, 2.75) is 64.0 Å². The smallest absolute Gasteiger partial charge is 0.355 e. The number of fused-ring (bicyclic) bond motifs is 1. The molecule has 1 aliphatic carbocycles. The van der Waals surface area contributed by atoms with Crippen molar-refractivity contribution in [3.05, 3.63) is 41.4 Å². The Hall–Kier alpha value is -3.09. The number of benzene rings is 1. The molecular formula is C25H29N3O5. The number of oxime groups is 1. The molecule has 174 valence electrons. The van der Waals surface area contributed by atoms with Crippen molar-refractivity contribution < 1.29 is 23.9 Å². The summed E-state index contributed by atoms with van der Waals surface area (Å²) in [5.74, 6) is 2.34. The Morgan fingerprint density at radius 1 is 1.33 bits per heavy atom. The lowest BCUT2D eigenvalue weighted by molar-refractivity contribution is -0.0592. The van der Waals surface area contributed by atoms with E-state index in [1.807, 2.05) is 10.6 Å². The molecule has 0 radical (unpaired) electrons. The molecule has 0 amide bonds. The molecule has 3 atom stereocenters. The molecular weight excluding hydrogens is 422 g/mol. The summed E-state index contributed by atoms with van der Waals surface area (Å²) in [5.41, 5.74) is 1.86. The summed E-state index contributed by atoms with van der Waals surface area (Å²) in [7, 11) is 0. The predicted molar refractivity (Wildman–Crippen MR) is 123 cm³/mol. The lowest BCUT2D eigenvalue weighted by Crippen LogP contribution is -2.38. The monoisotopic (exact) mass is 451 g/mol. The van der Waals surface area contributed by atoms with Gasteiger partial charge in [-0.3, -0.25) is 5.32 Å². The molecule has 1 aromatic carbocycles. The first kappa shape index (κ1) is 21.7. The minimum absolute atomic E-state index is 0.0676. The highest BCUT2D eigenvalue weighted by molar-refractivity contribution is 6.02. The van der Waals surface area contributed by atoms with Gasteiger partial charge in [-0.1, -0.05) is 18.1 Å². The third-order valence-electron chi connectivity index (χ3n) is 7.11. The average Bonchev–Trinajstić information content (AvgIpc) is 3.15. The van der Waals surface area contributed by atoms with Crippen LogP contribution in [0.3, 0.4) is 0 Å². The number of esters is 1. The quantitative estimate of drug-likeness (QED) is 0.549. The first-order valence-corrected chi connectivity index (χ1v) is 11.5. The zero-order valence-electron chi connectivity index (χ0n) is 19.4. The molecule has 1 N–H and O–H groups in total. The molecule has 2 aliphatic heterocycles. The molecule has 8 nitrogen and oxygen atoms in total. The maximum atomic E-state index is 13.0. The minimum Gasteiger partial charge on any atom is -0.461 e. The fourth-order valence-electron chi connectivity index (χ4n) is 5.42. The van der Waals surface area contributed by atoms with Crippen LogP contribution in [-0.4, -0.2) is 41.1 Å². The van der Waals surface area contributed by atoms with Crippen LogP contribution in [-0.2, 0) is 24.6 Å². The first-order chi connectivity index (χ1) is 15.8. The third kappa shape index (κ3) is 3.54. The fourth-order valence-corrected chi connectivity index (χ4v) is 5.42. The fraction of sp³-hybridized carbons (Fsp3) is 0.520. The zero-order chi connectivity index (χ0) is 23.4. The number of hydrogen-bond acceptors (Lipinski definition) is 7.